The SMILES string of the molecule is CCCC(C)(CNCC)CN(CCOC)C(C)C. The highest BCUT2D eigenvalue weighted by Gasteiger charge is 2.26. The van der Waals surface area contributed by atoms with Crippen molar-refractivity contribution in [2.45, 2.75) is 53.5 Å². The van der Waals surface area contributed by atoms with Crippen LogP contribution in [0.4, 0.5) is 0 Å². The van der Waals surface area contributed by atoms with Gasteiger partial charge in [0.15, 0.2) is 0 Å². The lowest BCUT2D eigenvalue weighted by Gasteiger charge is -2.38. The molecule has 0 rings (SSSR count). The second-order valence-corrected chi connectivity index (χ2v) is 5.90. The van der Waals surface area contributed by atoms with Crippen LogP contribution in [-0.2, 0) is 4.74 Å². The van der Waals surface area contributed by atoms with Crippen molar-refractivity contribution in [2.24, 2.45) is 5.41 Å². The van der Waals surface area contributed by atoms with Gasteiger partial charge in [-0.05, 0) is 32.2 Å². The summed E-state index contributed by atoms with van der Waals surface area (Å²) in [4.78, 5) is 2.54. The first-order valence-electron chi connectivity index (χ1n) is 7.42. The number of hydrogen-bond donors (Lipinski definition) is 1. The molecule has 0 aromatic rings. The van der Waals surface area contributed by atoms with Gasteiger partial charge in [0.05, 0.1) is 6.61 Å². The van der Waals surface area contributed by atoms with Gasteiger partial charge >= 0.3 is 0 Å². The van der Waals surface area contributed by atoms with Gasteiger partial charge in [0.1, 0.15) is 0 Å². The topological polar surface area (TPSA) is 24.5 Å². The van der Waals surface area contributed by atoms with E-state index in [1.165, 1.54) is 12.8 Å². The Balaban J connectivity index is 4.47. The molecule has 1 atom stereocenters. The lowest BCUT2D eigenvalue weighted by Crippen LogP contribution is -2.46. The number of methoxy groups -OCH3 is 1. The average molecular weight is 258 g/mol. The summed E-state index contributed by atoms with van der Waals surface area (Å²) in [6.07, 6.45) is 2.52. The molecule has 1 N–H and O–H groups in total. The molecule has 1 unspecified atom stereocenters. The minimum absolute atomic E-state index is 0.364. The summed E-state index contributed by atoms with van der Waals surface area (Å²) >= 11 is 0. The van der Waals surface area contributed by atoms with Gasteiger partial charge in [-0.25, -0.2) is 0 Å². The normalized spacial score (nSPS) is 15.3. The monoisotopic (exact) mass is 258 g/mol. The first kappa shape index (κ1) is 17.9. The first-order valence-corrected chi connectivity index (χ1v) is 7.42. The minimum Gasteiger partial charge on any atom is -0.383 e. The van der Waals surface area contributed by atoms with Crippen LogP contribution in [0.15, 0.2) is 0 Å². The van der Waals surface area contributed by atoms with E-state index >= 15 is 0 Å². The van der Waals surface area contributed by atoms with Crippen LogP contribution in [0.3, 0.4) is 0 Å². The summed E-state index contributed by atoms with van der Waals surface area (Å²) in [6.45, 7) is 16.6. The van der Waals surface area contributed by atoms with Crippen molar-refractivity contribution in [3.8, 4) is 0 Å². The third-order valence-electron chi connectivity index (χ3n) is 3.55. The fraction of sp³-hybridized carbons (Fsp3) is 1.00. The molecule has 0 aliphatic heterocycles. The van der Waals surface area contributed by atoms with Crippen LogP contribution in [0.1, 0.15) is 47.5 Å². The van der Waals surface area contributed by atoms with Crippen molar-refractivity contribution in [2.75, 3.05) is 39.9 Å². The summed E-state index contributed by atoms with van der Waals surface area (Å²) in [6, 6.07) is 0.581. The van der Waals surface area contributed by atoms with E-state index in [9.17, 15) is 0 Å². The Hall–Kier alpha value is -0.120. The van der Waals surface area contributed by atoms with Crippen LogP contribution in [0, 0.1) is 5.41 Å². The standard InChI is InChI=1S/C15H34N2O/c1-7-9-15(5,12-16-8-2)13-17(14(3)4)10-11-18-6/h14,16H,7-13H2,1-6H3. The van der Waals surface area contributed by atoms with Crippen LogP contribution in [0.5, 0.6) is 0 Å². The molecule has 18 heavy (non-hydrogen) atoms. The molecule has 0 saturated heterocycles. The van der Waals surface area contributed by atoms with Gasteiger partial charge in [0.2, 0.25) is 0 Å². The molecular formula is C15H34N2O. The fourth-order valence-corrected chi connectivity index (χ4v) is 2.47. The van der Waals surface area contributed by atoms with Crippen molar-refractivity contribution < 1.29 is 4.74 Å². The zero-order valence-corrected chi connectivity index (χ0v) is 13.4. The van der Waals surface area contributed by atoms with E-state index < -0.39 is 0 Å². The Labute approximate surface area is 114 Å². The van der Waals surface area contributed by atoms with Gasteiger partial charge in [0, 0.05) is 32.8 Å². The molecule has 3 heteroatoms. The van der Waals surface area contributed by atoms with Crippen LogP contribution >= 0.6 is 0 Å². The summed E-state index contributed by atoms with van der Waals surface area (Å²) in [7, 11) is 1.78. The Morgan fingerprint density at radius 3 is 2.39 bits per heavy atom. The molecule has 0 saturated carbocycles. The first-order chi connectivity index (χ1) is 8.49. The van der Waals surface area contributed by atoms with Crippen molar-refractivity contribution in [1.29, 1.82) is 0 Å². The van der Waals surface area contributed by atoms with Gasteiger partial charge < -0.3 is 10.1 Å². The maximum Gasteiger partial charge on any atom is 0.0589 e. The third kappa shape index (κ3) is 7.34. The maximum atomic E-state index is 5.22. The predicted molar refractivity (Wildman–Crippen MR) is 80.1 cm³/mol. The van der Waals surface area contributed by atoms with Crippen LogP contribution in [0.2, 0.25) is 0 Å². The Morgan fingerprint density at radius 2 is 1.94 bits per heavy atom. The summed E-state index contributed by atoms with van der Waals surface area (Å²) < 4.78 is 5.22. The lowest BCUT2D eigenvalue weighted by molar-refractivity contribution is 0.0856. The van der Waals surface area contributed by atoms with Crippen LogP contribution < -0.4 is 5.32 Å². The van der Waals surface area contributed by atoms with E-state index in [1.54, 1.807) is 7.11 Å². The second kappa shape index (κ2) is 9.76. The van der Waals surface area contributed by atoms with Crippen LogP contribution in [0.25, 0.3) is 0 Å². The fourth-order valence-electron chi connectivity index (χ4n) is 2.47. The molecule has 0 bridgehead atoms. The van der Waals surface area contributed by atoms with E-state index in [4.69, 9.17) is 4.74 Å². The molecule has 0 aliphatic rings. The van der Waals surface area contributed by atoms with Crippen molar-refractivity contribution >= 4 is 0 Å². The van der Waals surface area contributed by atoms with E-state index in [-0.39, 0.29) is 0 Å². The Kier molecular flexibility index (Phi) is 9.70. The minimum atomic E-state index is 0.364. The molecule has 0 aliphatic carbocycles. The molecule has 3 nitrogen and oxygen atoms in total. The maximum absolute atomic E-state index is 5.22. The molecule has 0 amide bonds. The van der Waals surface area contributed by atoms with E-state index in [0.29, 0.717) is 11.5 Å². The lowest BCUT2D eigenvalue weighted by atomic mass is 9.84. The van der Waals surface area contributed by atoms with Crippen molar-refractivity contribution in [1.82, 2.24) is 10.2 Å². The highest BCUT2D eigenvalue weighted by Crippen LogP contribution is 2.24. The number of nitrogens with one attached hydrogen (secondary N) is 1. The van der Waals surface area contributed by atoms with E-state index in [1.807, 2.05) is 0 Å². The largest absolute Gasteiger partial charge is 0.383 e. The molecule has 0 spiro atoms. The van der Waals surface area contributed by atoms with Crippen LogP contribution in [-0.4, -0.2) is 50.8 Å². The smallest absolute Gasteiger partial charge is 0.0589 e. The highest BCUT2D eigenvalue weighted by atomic mass is 16.5. The number of ether oxygens (including phenoxy) is 1. The molecule has 0 radical (unpaired) electrons. The van der Waals surface area contributed by atoms with Crippen molar-refractivity contribution in [3.63, 3.8) is 0 Å². The summed E-state index contributed by atoms with van der Waals surface area (Å²) in [5, 5.41) is 3.52. The zero-order valence-electron chi connectivity index (χ0n) is 13.4. The van der Waals surface area contributed by atoms with Gasteiger partial charge in [-0.1, -0.05) is 27.2 Å². The Bertz CT molecular complexity index is 197. The summed E-state index contributed by atoms with van der Waals surface area (Å²) in [5.74, 6) is 0. The molecule has 0 fully saturated rings. The van der Waals surface area contributed by atoms with E-state index in [2.05, 4.69) is 44.8 Å². The molecule has 0 aromatic heterocycles. The number of rotatable bonds is 11. The number of nitrogens with zero attached hydrogens (tertiary/aromatic N) is 1. The Morgan fingerprint density at radius 1 is 1.28 bits per heavy atom. The quantitative estimate of drug-likeness (QED) is 0.617. The van der Waals surface area contributed by atoms with E-state index in [0.717, 1.165) is 32.8 Å². The average Bonchev–Trinajstić information content (AvgIpc) is 2.32. The number of hydrogen-bond acceptors (Lipinski definition) is 3. The third-order valence-corrected chi connectivity index (χ3v) is 3.55. The highest BCUT2D eigenvalue weighted by molar-refractivity contribution is 4.81. The molecular weight excluding hydrogens is 224 g/mol. The summed E-state index contributed by atoms with van der Waals surface area (Å²) in [5.41, 5.74) is 0.364. The molecule has 0 heterocycles. The van der Waals surface area contributed by atoms with Gasteiger partial charge in [-0.3, -0.25) is 4.90 Å². The molecule has 110 valence electrons. The predicted octanol–water partition coefficient (Wildman–Crippen LogP) is 2.76. The van der Waals surface area contributed by atoms with Crippen molar-refractivity contribution in [3.05, 3.63) is 0 Å². The molecule has 0 aromatic carbocycles. The zero-order chi connectivity index (χ0) is 14.0. The van der Waals surface area contributed by atoms with Gasteiger partial charge in [-0.15, -0.1) is 0 Å². The van der Waals surface area contributed by atoms with Gasteiger partial charge in [-0.2, -0.15) is 0 Å². The van der Waals surface area contributed by atoms with Gasteiger partial charge in [0.25, 0.3) is 0 Å². The second-order valence-electron chi connectivity index (χ2n) is 5.90.